The van der Waals surface area contributed by atoms with Gasteiger partial charge in [-0.1, -0.05) is 18.5 Å². The van der Waals surface area contributed by atoms with E-state index in [0.717, 1.165) is 12.2 Å². The molecule has 0 radical (unpaired) electrons. The van der Waals surface area contributed by atoms with E-state index in [9.17, 15) is 8.42 Å². The number of hydrogen-bond donors (Lipinski definition) is 0. The molecule has 1 atom stereocenters. The second kappa shape index (κ2) is 7.90. The zero-order chi connectivity index (χ0) is 15.3. The molecule has 0 saturated heterocycles. The summed E-state index contributed by atoms with van der Waals surface area (Å²) in [6.07, 6.45) is 2.74. The molecule has 0 fully saturated rings. The number of sulfonamides is 1. The molecule has 0 aliphatic heterocycles. The van der Waals surface area contributed by atoms with Crippen molar-refractivity contribution in [2.24, 2.45) is 0 Å². The third-order valence-corrected chi connectivity index (χ3v) is 6.46. The first kappa shape index (κ1) is 18.1. The molecule has 1 unspecified atom stereocenters. The van der Waals surface area contributed by atoms with Crippen LogP contribution in [-0.2, 0) is 15.9 Å². The van der Waals surface area contributed by atoms with Crippen molar-refractivity contribution >= 4 is 45.0 Å². The maximum atomic E-state index is 12.6. The van der Waals surface area contributed by atoms with Crippen LogP contribution in [0.1, 0.15) is 18.9 Å². The van der Waals surface area contributed by atoms with Crippen LogP contribution in [0.25, 0.3) is 0 Å². The third-order valence-electron chi connectivity index (χ3n) is 3.18. The SMILES string of the molecule is CCC(CSC)N(C)S(=O)(=O)c1ccc(Cl)c(CCl)c1. The first-order valence-electron chi connectivity index (χ1n) is 6.19. The Balaban J connectivity index is 3.15. The normalized spacial score (nSPS) is 13.7. The van der Waals surface area contributed by atoms with Crippen molar-refractivity contribution < 1.29 is 8.42 Å². The minimum atomic E-state index is -3.52. The van der Waals surface area contributed by atoms with Crippen molar-refractivity contribution in [2.45, 2.75) is 30.2 Å². The first-order chi connectivity index (χ1) is 9.38. The predicted molar refractivity (Wildman–Crippen MR) is 88.4 cm³/mol. The van der Waals surface area contributed by atoms with Crippen LogP contribution >= 0.6 is 35.0 Å². The quantitative estimate of drug-likeness (QED) is 0.697. The van der Waals surface area contributed by atoms with E-state index < -0.39 is 10.0 Å². The summed E-state index contributed by atoms with van der Waals surface area (Å²) in [7, 11) is -1.90. The van der Waals surface area contributed by atoms with Crippen molar-refractivity contribution in [1.82, 2.24) is 4.31 Å². The molecule has 0 spiro atoms. The van der Waals surface area contributed by atoms with Crippen LogP contribution in [0.5, 0.6) is 0 Å². The van der Waals surface area contributed by atoms with Gasteiger partial charge >= 0.3 is 0 Å². The highest BCUT2D eigenvalue weighted by Crippen LogP contribution is 2.25. The van der Waals surface area contributed by atoms with Crippen LogP contribution in [0.2, 0.25) is 5.02 Å². The maximum Gasteiger partial charge on any atom is 0.243 e. The highest BCUT2D eigenvalue weighted by Gasteiger charge is 2.27. The molecule has 0 aliphatic carbocycles. The van der Waals surface area contributed by atoms with Crippen LogP contribution in [0.4, 0.5) is 0 Å². The largest absolute Gasteiger partial charge is 0.243 e. The molecule has 0 saturated carbocycles. The van der Waals surface area contributed by atoms with E-state index in [1.807, 2.05) is 13.2 Å². The molecule has 20 heavy (non-hydrogen) atoms. The average molecular weight is 356 g/mol. The van der Waals surface area contributed by atoms with E-state index >= 15 is 0 Å². The lowest BCUT2D eigenvalue weighted by Crippen LogP contribution is -2.38. The molecule has 7 heteroatoms. The van der Waals surface area contributed by atoms with Gasteiger partial charge in [-0.05, 0) is 36.4 Å². The Morgan fingerprint density at radius 3 is 2.55 bits per heavy atom. The van der Waals surface area contributed by atoms with Crippen LogP contribution in [0, 0.1) is 0 Å². The Morgan fingerprint density at radius 2 is 2.05 bits per heavy atom. The predicted octanol–water partition coefficient (Wildman–Crippen LogP) is 3.84. The van der Waals surface area contributed by atoms with Gasteiger partial charge in [-0.3, -0.25) is 0 Å². The molecule has 0 aliphatic rings. The van der Waals surface area contributed by atoms with Gasteiger partial charge in [-0.15, -0.1) is 11.6 Å². The molecule has 114 valence electrons. The van der Waals surface area contributed by atoms with Crippen molar-refractivity contribution in [3.8, 4) is 0 Å². The van der Waals surface area contributed by atoms with Gasteiger partial charge in [0, 0.05) is 29.7 Å². The van der Waals surface area contributed by atoms with E-state index in [0.29, 0.717) is 10.6 Å². The molecular formula is C13H19Cl2NO2S2. The molecule has 1 rings (SSSR count). The molecular weight excluding hydrogens is 337 g/mol. The number of benzene rings is 1. The van der Waals surface area contributed by atoms with Gasteiger partial charge in [0.2, 0.25) is 10.0 Å². The summed E-state index contributed by atoms with van der Waals surface area (Å²) >= 11 is 13.4. The van der Waals surface area contributed by atoms with Gasteiger partial charge in [0.25, 0.3) is 0 Å². The maximum absolute atomic E-state index is 12.6. The third kappa shape index (κ3) is 4.04. The van der Waals surface area contributed by atoms with E-state index in [2.05, 4.69) is 0 Å². The Labute approximate surface area is 135 Å². The number of thioether (sulfide) groups is 1. The molecule has 1 aromatic rings. The van der Waals surface area contributed by atoms with Crippen LogP contribution in [0.15, 0.2) is 23.1 Å². The highest BCUT2D eigenvalue weighted by atomic mass is 35.5. The van der Waals surface area contributed by atoms with Crippen molar-refractivity contribution in [1.29, 1.82) is 0 Å². The van der Waals surface area contributed by atoms with E-state index in [1.54, 1.807) is 30.9 Å². The lowest BCUT2D eigenvalue weighted by Gasteiger charge is -2.26. The molecule has 0 heterocycles. The lowest BCUT2D eigenvalue weighted by atomic mass is 10.2. The molecule has 0 aromatic heterocycles. The zero-order valence-corrected chi connectivity index (χ0v) is 14.9. The summed E-state index contributed by atoms with van der Waals surface area (Å²) in [5.74, 6) is 0.954. The minimum absolute atomic E-state index is 0.0230. The highest BCUT2D eigenvalue weighted by molar-refractivity contribution is 7.98. The first-order valence-corrected chi connectivity index (χ1v) is 9.94. The molecule has 0 bridgehead atoms. The Kier molecular flexibility index (Phi) is 7.15. The summed E-state index contributed by atoms with van der Waals surface area (Å²) in [6, 6.07) is 4.63. The second-order valence-electron chi connectivity index (χ2n) is 4.43. The molecule has 0 amide bonds. The van der Waals surface area contributed by atoms with Crippen molar-refractivity contribution in [3.63, 3.8) is 0 Å². The van der Waals surface area contributed by atoms with E-state index in [1.165, 1.54) is 10.4 Å². The summed E-state index contributed by atoms with van der Waals surface area (Å²) in [5.41, 5.74) is 0.626. The number of alkyl halides is 1. The Hall–Kier alpha value is 0.0600. The molecule has 3 nitrogen and oxygen atoms in total. The summed E-state index contributed by atoms with van der Waals surface area (Å²) < 4.78 is 26.7. The summed E-state index contributed by atoms with van der Waals surface area (Å²) in [6.45, 7) is 1.99. The number of nitrogens with zero attached hydrogens (tertiary/aromatic N) is 1. The number of rotatable bonds is 7. The standard InChI is InChI=1S/C13H19Cl2NO2S2/c1-4-11(9-19-3)16(2)20(17,18)12-5-6-13(15)10(7-12)8-14/h5-7,11H,4,8-9H2,1-3H3. The number of hydrogen-bond acceptors (Lipinski definition) is 3. The second-order valence-corrected chi connectivity index (χ2v) is 8.01. The van der Waals surface area contributed by atoms with Gasteiger partial charge in [-0.25, -0.2) is 8.42 Å². The Bertz CT molecular complexity index is 549. The molecule has 1 aromatic carbocycles. The van der Waals surface area contributed by atoms with Crippen molar-refractivity contribution in [3.05, 3.63) is 28.8 Å². The van der Waals surface area contributed by atoms with Crippen molar-refractivity contribution in [2.75, 3.05) is 19.1 Å². The Morgan fingerprint density at radius 1 is 1.40 bits per heavy atom. The fraction of sp³-hybridized carbons (Fsp3) is 0.538. The monoisotopic (exact) mass is 355 g/mol. The average Bonchev–Trinajstić information content (AvgIpc) is 2.44. The van der Waals surface area contributed by atoms with E-state index in [4.69, 9.17) is 23.2 Å². The van der Waals surface area contributed by atoms with Gasteiger partial charge in [0.15, 0.2) is 0 Å². The van der Waals surface area contributed by atoms with Gasteiger partial charge < -0.3 is 0 Å². The number of halogens is 2. The smallest absolute Gasteiger partial charge is 0.207 e. The van der Waals surface area contributed by atoms with Gasteiger partial charge in [0.1, 0.15) is 0 Å². The topological polar surface area (TPSA) is 37.4 Å². The minimum Gasteiger partial charge on any atom is -0.207 e. The van der Waals surface area contributed by atoms with Gasteiger partial charge in [0.05, 0.1) is 4.90 Å². The fourth-order valence-corrected chi connectivity index (χ4v) is 4.74. The van der Waals surface area contributed by atoms with E-state index in [-0.39, 0.29) is 16.8 Å². The lowest BCUT2D eigenvalue weighted by molar-refractivity contribution is 0.385. The van der Waals surface area contributed by atoms with Crippen LogP contribution in [0.3, 0.4) is 0 Å². The fourth-order valence-electron chi connectivity index (χ4n) is 1.85. The van der Waals surface area contributed by atoms with Gasteiger partial charge in [-0.2, -0.15) is 16.1 Å². The zero-order valence-electron chi connectivity index (χ0n) is 11.8. The van der Waals surface area contributed by atoms with Crippen LogP contribution in [-0.4, -0.2) is 37.8 Å². The van der Waals surface area contributed by atoms with Crippen LogP contribution < -0.4 is 0 Å². The summed E-state index contributed by atoms with van der Waals surface area (Å²) in [4.78, 5) is 0.236. The molecule has 0 N–H and O–H groups in total. The summed E-state index contributed by atoms with van der Waals surface area (Å²) in [5, 5.41) is 0.484.